The molecule has 24 heavy (non-hydrogen) atoms. The number of rotatable bonds is 4. The Bertz CT molecular complexity index is 552. The number of carbonyl (C=O) groups excluding carboxylic acids is 1. The van der Waals surface area contributed by atoms with Crippen LogP contribution in [-0.4, -0.2) is 36.3 Å². The first-order valence-corrected chi connectivity index (χ1v) is 9.04. The topological polar surface area (TPSA) is 70.6 Å². The van der Waals surface area contributed by atoms with Crippen LogP contribution in [0.1, 0.15) is 45.4 Å². The Labute approximate surface area is 143 Å². The molecule has 132 valence electrons. The summed E-state index contributed by atoms with van der Waals surface area (Å²) >= 11 is 0. The van der Waals surface area contributed by atoms with Crippen LogP contribution >= 0.6 is 0 Å². The minimum Gasteiger partial charge on any atom is -0.488 e. The maximum atomic E-state index is 12.5. The van der Waals surface area contributed by atoms with Crippen molar-refractivity contribution in [2.75, 3.05) is 18.4 Å². The molecule has 0 radical (unpaired) electrons. The molecule has 1 aliphatic carbocycles. The Morgan fingerprint density at radius 1 is 1.25 bits per heavy atom. The molecule has 5 nitrogen and oxygen atoms in total. The van der Waals surface area contributed by atoms with Gasteiger partial charge in [0, 0.05) is 12.2 Å². The van der Waals surface area contributed by atoms with Crippen molar-refractivity contribution in [3.05, 3.63) is 24.3 Å². The van der Waals surface area contributed by atoms with Gasteiger partial charge in [-0.3, -0.25) is 4.79 Å². The van der Waals surface area contributed by atoms with E-state index in [-0.39, 0.29) is 23.5 Å². The predicted octanol–water partition coefficient (Wildman–Crippen LogP) is 2.70. The lowest BCUT2D eigenvalue weighted by atomic mass is 9.82. The first kappa shape index (κ1) is 17.2. The van der Waals surface area contributed by atoms with E-state index in [9.17, 15) is 9.90 Å². The van der Waals surface area contributed by atoms with Gasteiger partial charge in [-0.05, 0) is 69.8 Å². The van der Waals surface area contributed by atoms with Gasteiger partial charge in [-0.15, -0.1) is 0 Å². The van der Waals surface area contributed by atoms with Crippen molar-refractivity contribution in [2.45, 2.75) is 57.7 Å². The smallest absolute Gasteiger partial charge is 0.231 e. The fourth-order valence-corrected chi connectivity index (χ4v) is 3.54. The normalized spacial score (nSPS) is 30.6. The van der Waals surface area contributed by atoms with Crippen LogP contribution in [0.3, 0.4) is 0 Å². The van der Waals surface area contributed by atoms with Gasteiger partial charge >= 0.3 is 0 Å². The van der Waals surface area contributed by atoms with Gasteiger partial charge in [-0.25, -0.2) is 0 Å². The highest BCUT2D eigenvalue weighted by atomic mass is 16.5. The summed E-state index contributed by atoms with van der Waals surface area (Å²) in [5.41, 5.74) is 0.433. The molecule has 3 N–H and O–H groups in total. The van der Waals surface area contributed by atoms with Crippen molar-refractivity contribution in [3.63, 3.8) is 0 Å². The lowest BCUT2D eigenvalue weighted by Gasteiger charge is -2.32. The highest BCUT2D eigenvalue weighted by molar-refractivity contribution is 5.95. The standard InChI is InChI=1S/C19H28N2O3/c1-19(11-4-12-20-13-19)18(23)21-14-7-9-15(10-8-14)24-17-6-3-2-5-16(17)22/h7-10,16-17,20,22H,2-6,11-13H2,1H3,(H,21,23). The van der Waals surface area contributed by atoms with Gasteiger partial charge in [0.15, 0.2) is 0 Å². The summed E-state index contributed by atoms with van der Waals surface area (Å²) in [7, 11) is 0. The summed E-state index contributed by atoms with van der Waals surface area (Å²) in [6, 6.07) is 7.45. The summed E-state index contributed by atoms with van der Waals surface area (Å²) in [5, 5.41) is 16.3. The van der Waals surface area contributed by atoms with Crippen molar-refractivity contribution in [3.8, 4) is 5.75 Å². The maximum absolute atomic E-state index is 12.5. The van der Waals surface area contributed by atoms with Gasteiger partial charge in [-0.1, -0.05) is 6.42 Å². The number of benzene rings is 1. The minimum atomic E-state index is -0.378. The molecule has 1 amide bonds. The zero-order valence-electron chi connectivity index (χ0n) is 14.4. The summed E-state index contributed by atoms with van der Waals surface area (Å²) in [6.45, 7) is 3.72. The molecule has 1 aromatic carbocycles. The van der Waals surface area contributed by atoms with Crippen molar-refractivity contribution in [1.29, 1.82) is 0 Å². The number of amides is 1. The van der Waals surface area contributed by atoms with E-state index in [2.05, 4.69) is 10.6 Å². The third kappa shape index (κ3) is 4.08. The molecule has 1 saturated heterocycles. The van der Waals surface area contributed by atoms with Crippen LogP contribution in [0.4, 0.5) is 5.69 Å². The largest absolute Gasteiger partial charge is 0.488 e. The van der Waals surface area contributed by atoms with Crippen LogP contribution in [0, 0.1) is 5.41 Å². The Kier molecular flexibility index (Phi) is 5.41. The number of anilines is 1. The number of hydrogen-bond acceptors (Lipinski definition) is 4. The Balaban J connectivity index is 1.57. The van der Waals surface area contributed by atoms with Gasteiger partial charge in [0.25, 0.3) is 0 Å². The fraction of sp³-hybridized carbons (Fsp3) is 0.632. The van der Waals surface area contributed by atoms with E-state index in [1.165, 1.54) is 0 Å². The lowest BCUT2D eigenvalue weighted by molar-refractivity contribution is -0.125. The second kappa shape index (κ2) is 7.53. The molecule has 3 atom stereocenters. The molecule has 0 aromatic heterocycles. The first-order valence-electron chi connectivity index (χ1n) is 9.04. The predicted molar refractivity (Wildman–Crippen MR) is 94.2 cm³/mol. The molecule has 0 bridgehead atoms. The average Bonchev–Trinajstić information content (AvgIpc) is 2.59. The molecule has 1 aromatic rings. The minimum absolute atomic E-state index is 0.0612. The highest BCUT2D eigenvalue weighted by Gasteiger charge is 2.34. The van der Waals surface area contributed by atoms with E-state index < -0.39 is 0 Å². The van der Waals surface area contributed by atoms with Gasteiger partial charge in [0.05, 0.1) is 11.5 Å². The summed E-state index contributed by atoms with van der Waals surface area (Å²) in [6.07, 6.45) is 5.31. The molecule has 2 fully saturated rings. The van der Waals surface area contributed by atoms with E-state index in [1.807, 2.05) is 31.2 Å². The zero-order valence-corrected chi connectivity index (χ0v) is 14.4. The van der Waals surface area contributed by atoms with Crippen LogP contribution in [0.25, 0.3) is 0 Å². The summed E-state index contributed by atoms with van der Waals surface area (Å²) in [5.74, 6) is 0.801. The molecule has 3 rings (SSSR count). The molecular formula is C19H28N2O3. The summed E-state index contributed by atoms with van der Waals surface area (Å²) < 4.78 is 5.89. The highest BCUT2D eigenvalue weighted by Crippen LogP contribution is 2.28. The number of aliphatic hydroxyl groups excluding tert-OH is 1. The van der Waals surface area contributed by atoms with E-state index >= 15 is 0 Å². The third-order valence-electron chi connectivity index (χ3n) is 5.21. The molecule has 2 aliphatic rings. The monoisotopic (exact) mass is 332 g/mol. The molecule has 3 unspecified atom stereocenters. The maximum Gasteiger partial charge on any atom is 0.231 e. The fourth-order valence-electron chi connectivity index (χ4n) is 3.54. The zero-order chi connectivity index (χ0) is 17.0. The Morgan fingerprint density at radius 3 is 2.67 bits per heavy atom. The lowest BCUT2D eigenvalue weighted by Crippen LogP contribution is -2.46. The van der Waals surface area contributed by atoms with Gasteiger partial charge < -0.3 is 20.5 Å². The van der Waals surface area contributed by atoms with Crippen LogP contribution < -0.4 is 15.4 Å². The number of nitrogens with one attached hydrogen (secondary N) is 2. The van der Waals surface area contributed by atoms with E-state index in [0.717, 1.165) is 63.1 Å². The van der Waals surface area contributed by atoms with Gasteiger partial charge in [0.1, 0.15) is 11.9 Å². The number of hydrogen-bond donors (Lipinski definition) is 3. The molecule has 1 aliphatic heterocycles. The van der Waals surface area contributed by atoms with Crippen LogP contribution in [0.2, 0.25) is 0 Å². The Hall–Kier alpha value is -1.59. The van der Waals surface area contributed by atoms with Crippen LogP contribution in [-0.2, 0) is 4.79 Å². The third-order valence-corrected chi connectivity index (χ3v) is 5.21. The van der Waals surface area contributed by atoms with Gasteiger partial charge in [-0.2, -0.15) is 0 Å². The van der Waals surface area contributed by atoms with E-state index in [4.69, 9.17) is 4.74 Å². The van der Waals surface area contributed by atoms with Gasteiger partial charge in [0.2, 0.25) is 5.91 Å². The van der Waals surface area contributed by atoms with E-state index in [0.29, 0.717) is 0 Å². The number of aliphatic hydroxyl groups is 1. The SMILES string of the molecule is CC1(C(=O)Nc2ccc(OC3CCCCC3O)cc2)CCCNC1. The molecule has 0 spiro atoms. The molecular weight excluding hydrogens is 304 g/mol. The van der Waals surface area contributed by atoms with Crippen molar-refractivity contribution < 1.29 is 14.6 Å². The molecule has 1 heterocycles. The Morgan fingerprint density at radius 2 is 2.00 bits per heavy atom. The van der Waals surface area contributed by atoms with E-state index in [1.54, 1.807) is 0 Å². The average molecular weight is 332 g/mol. The van der Waals surface area contributed by atoms with Crippen LogP contribution in [0.15, 0.2) is 24.3 Å². The summed E-state index contributed by atoms with van der Waals surface area (Å²) in [4.78, 5) is 12.5. The molecule has 5 heteroatoms. The number of piperidine rings is 1. The first-order chi connectivity index (χ1) is 11.6. The quantitative estimate of drug-likeness (QED) is 0.793. The van der Waals surface area contributed by atoms with Crippen molar-refractivity contribution >= 4 is 11.6 Å². The van der Waals surface area contributed by atoms with Crippen molar-refractivity contribution in [1.82, 2.24) is 5.32 Å². The second-order valence-corrected chi connectivity index (χ2v) is 7.33. The van der Waals surface area contributed by atoms with Crippen molar-refractivity contribution in [2.24, 2.45) is 5.41 Å². The molecule has 1 saturated carbocycles. The number of ether oxygens (including phenoxy) is 1. The number of carbonyl (C=O) groups is 1. The van der Waals surface area contributed by atoms with Crippen LogP contribution in [0.5, 0.6) is 5.75 Å². The second-order valence-electron chi connectivity index (χ2n) is 7.33.